The summed E-state index contributed by atoms with van der Waals surface area (Å²) in [6.07, 6.45) is 0. The van der Waals surface area contributed by atoms with Gasteiger partial charge in [-0.1, -0.05) is 0 Å². The Morgan fingerprint density at radius 1 is 1.21 bits per heavy atom. The van der Waals surface area contributed by atoms with Gasteiger partial charge in [-0.25, -0.2) is 9.18 Å². The summed E-state index contributed by atoms with van der Waals surface area (Å²) in [5, 5.41) is 8.91. The summed E-state index contributed by atoms with van der Waals surface area (Å²) in [5.74, 6) is -0.775. The molecule has 0 bridgehead atoms. The molecule has 0 saturated carbocycles. The molecule has 0 fully saturated rings. The van der Waals surface area contributed by atoms with E-state index in [1.54, 1.807) is 6.92 Å². The van der Waals surface area contributed by atoms with Crippen LogP contribution in [0.4, 0.5) is 10.1 Å². The van der Waals surface area contributed by atoms with E-state index < -0.39 is 5.97 Å². The third-order valence-corrected chi connectivity index (χ3v) is 2.62. The number of anilines is 1. The van der Waals surface area contributed by atoms with E-state index in [1.165, 1.54) is 36.4 Å². The molecule has 0 radical (unpaired) electrons. The molecule has 0 atom stereocenters. The molecule has 0 saturated heterocycles. The Morgan fingerprint density at radius 2 is 1.95 bits per heavy atom. The van der Waals surface area contributed by atoms with Crippen molar-refractivity contribution in [3.8, 4) is 11.5 Å². The highest BCUT2D eigenvalue weighted by atomic mass is 19.1. The number of carboxylic acids is 1. The van der Waals surface area contributed by atoms with E-state index in [9.17, 15) is 9.18 Å². The monoisotopic (exact) mass is 261 g/mol. The first-order valence-corrected chi connectivity index (χ1v) is 5.54. The van der Waals surface area contributed by atoms with E-state index in [0.29, 0.717) is 17.0 Å². The average molecular weight is 261 g/mol. The highest BCUT2D eigenvalue weighted by Gasteiger charge is 2.10. The first kappa shape index (κ1) is 12.9. The van der Waals surface area contributed by atoms with Gasteiger partial charge in [0.1, 0.15) is 11.6 Å². The molecule has 0 aliphatic heterocycles. The normalized spacial score (nSPS) is 10.2. The number of aromatic carboxylic acids is 1. The Balaban J connectivity index is 2.37. The van der Waals surface area contributed by atoms with Crippen molar-refractivity contribution in [3.63, 3.8) is 0 Å². The van der Waals surface area contributed by atoms with Crippen LogP contribution in [-0.2, 0) is 0 Å². The second kappa shape index (κ2) is 4.97. The van der Waals surface area contributed by atoms with Crippen molar-refractivity contribution in [2.24, 2.45) is 0 Å². The largest absolute Gasteiger partial charge is 0.478 e. The van der Waals surface area contributed by atoms with Crippen molar-refractivity contribution >= 4 is 11.7 Å². The predicted octanol–water partition coefficient (Wildman–Crippen LogP) is 3.21. The van der Waals surface area contributed by atoms with E-state index in [-0.39, 0.29) is 17.1 Å². The number of nitrogens with two attached hydrogens (primary N) is 1. The maximum absolute atomic E-state index is 13.0. The van der Waals surface area contributed by atoms with Gasteiger partial charge in [0.05, 0.1) is 11.3 Å². The lowest BCUT2D eigenvalue weighted by atomic mass is 10.2. The number of hydrogen-bond acceptors (Lipinski definition) is 3. The van der Waals surface area contributed by atoms with Crippen molar-refractivity contribution in [2.45, 2.75) is 6.92 Å². The molecular weight excluding hydrogens is 249 g/mol. The molecule has 4 nitrogen and oxygen atoms in total. The van der Waals surface area contributed by atoms with Gasteiger partial charge in [0.2, 0.25) is 0 Å². The van der Waals surface area contributed by atoms with Crippen LogP contribution in [0.2, 0.25) is 0 Å². The number of ether oxygens (including phenoxy) is 1. The van der Waals surface area contributed by atoms with Gasteiger partial charge in [0.15, 0.2) is 5.75 Å². The fourth-order valence-corrected chi connectivity index (χ4v) is 1.60. The number of benzene rings is 2. The van der Waals surface area contributed by atoms with Gasteiger partial charge in [-0.15, -0.1) is 0 Å². The molecule has 2 rings (SSSR count). The van der Waals surface area contributed by atoms with Crippen LogP contribution in [-0.4, -0.2) is 11.1 Å². The molecule has 3 N–H and O–H groups in total. The van der Waals surface area contributed by atoms with Crippen molar-refractivity contribution in [3.05, 3.63) is 53.3 Å². The molecule has 0 spiro atoms. The minimum atomic E-state index is -1.07. The van der Waals surface area contributed by atoms with Crippen LogP contribution in [0.25, 0.3) is 0 Å². The van der Waals surface area contributed by atoms with Gasteiger partial charge in [0.25, 0.3) is 0 Å². The van der Waals surface area contributed by atoms with E-state index in [4.69, 9.17) is 15.6 Å². The van der Waals surface area contributed by atoms with E-state index in [1.807, 2.05) is 0 Å². The number of halogens is 1. The molecule has 0 heterocycles. The molecule has 0 unspecified atom stereocenters. The molecule has 0 amide bonds. The first-order chi connectivity index (χ1) is 8.97. The quantitative estimate of drug-likeness (QED) is 0.832. The van der Waals surface area contributed by atoms with Crippen molar-refractivity contribution < 1.29 is 19.0 Å². The summed E-state index contributed by atoms with van der Waals surface area (Å²) >= 11 is 0. The molecule has 0 aromatic heterocycles. The number of rotatable bonds is 3. The fraction of sp³-hybridized carbons (Fsp3) is 0.0714. The highest BCUT2D eigenvalue weighted by Crippen LogP contribution is 2.30. The second-order valence-electron chi connectivity index (χ2n) is 4.07. The standard InChI is InChI=1S/C14H12FNO3/c1-8-6-10(15)3-5-12(8)19-13-7-9(14(17)18)2-4-11(13)16/h2-7H,16H2,1H3,(H,17,18). The van der Waals surface area contributed by atoms with Crippen LogP contribution < -0.4 is 10.5 Å². The summed E-state index contributed by atoms with van der Waals surface area (Å²) in [7, 11) is 0. The minimum Gasteiger partial charge on any atom is -0.478 e. The van der Waals surface area contributed by atoms with Crippen LogP contribution >= 0.6 is 0 Å². The Bertz CT molecular complexity index is 641. The number of carbonyl (C=O) groups is 1. The third-order valence-electron chi connectivity index (χ3n) is 2.62. The molecule has 19 heavy (non-hydrogen) atoms. The smallest absolute Gasteiger partial charge is 0.335 e. The summed E-state index contributed by atoms with van der Waals surface area (Å²) < 4.78 is 18.5. The molecule has 0 aliphatic carbocycles. The summed E-state index contributed by atoms with van der Waals surface area (Å²) in [4.78, 5) is 10.9. The minimum absolute atomic E-state index is 0.0731. The average Bonchev–Trinajstić information content (AvgIpc) is 2.34. The zero-order valence-corrected chi connectivity index (χ0v) is 10.2. The van der Waals surface area contributed by atoms with Crippen LogP contribution in [0.15, 0.2) is 36.4 Å². The number of carboxylic acid groups (broad SMARTS) is 1. The van der Waals surface area contributed by atoms with Crippen LogP contribution in [0.5, 0.6) is 11.5 Å². The number of hydrogen-bond donors (Lipinski definition) is 2. The predicted molar refractivity (Wildman–Crippen MR) is 69.0 cm³/mol. The first-order valence-electron chi connectivity index (χ1n) is 5.54. The van der Waals surface area contributed by atoms with E-state index >= 15 is 0 Å². The zero-order valence-electron chi connectivity index (χ0n) is 10.2. The lowest BCUT2D eigenvalue weighted by molar-refractivity contribution is 0.0696. The van der Waals surface area contributed by atoms with Gasteiger partial charge < -0.3 is 15.6 Å². The molecular formula is C14H12FNO3. The molecule has 98 valence electrons. The van der Waals surface area contributed by atoms with Gasteiger partial charge in [-0.3, -0.25) is 0 Å². The van der Waals surface area contributed by atoms with Crippen molar-refractivity contribution in [1.82, 2.24) is 0 Å². The van der Waals surface area contributed by atoms with E-state index in [0.717, 1.165) is 0 Å². The summed E-state index contributed by atoms with van der Waals surface area (Å²) in [6, 6.07) is 8.24. The molecule has 2 aromatic rings. The lowest BCUT2D eigenvalue weighted by Gasteiger charge is -2.11. The maximum atomic E-state index is 13.0. The van der Waals surface area contributed by atoms with Gasteiger partial charge in [-0.05, 0) is 48.9 Å². The van der Waals surface area contributed by atoms with Gasteiger partial charge >= 0.3 is 5.97 Å². The van der Waals surface area contributed by atoms with Crippen molar-refractivity contribution in [2.75, 3.05) is 5.73 Å². The highest BCUT2D eigenvalue weighted by molar-refractivity contribution is 5.89. The number of aryl methyl sites for hydroxylation is 1. The Kier molecular flexibility index (Phi) is 3.37. The topological polar surface area (TPSA) is 72.5 Å². The summed E-state index contributed by atoms with van der Waals surface area (Å²) in [5.41, 5.74) is 6.71. The van der Waals surface area contributed by atoms with E-state index in [2.05, 4.69) is 0 Å². The maximum Gasteiger partial charge on any atom is 0.335 e. The lowest BCUT2D eigenvalue weighted by Crippen LogP contribution is -1.99. The molecule has 5 heteroatoms. The SMILES string of the molecule is Cc1cc(F)ccc1Oc1cc(C(=O)O)ccc1N. The number of nitrogen functional groups attached to an aromatic ring is 1. The van der Waals surface area contributed by atoms with Gasteiger partial charge in [-0.2, -0.15) is 0 Å². The Hall–Kier alpha value is -2.56. The zero-order chi connectivity index (χ0) is 14.0. The summed E-state index contributed by atoms with van der Waals surface area (Å²) in [6.45, 7) is 1.69. The van der Waals surface area contributed by atoms with Crippen LogP contribution in [0, 0.1) is 12.7 Å². The van der Waals surface area contributed by atoms with Crippen molar-refractivity contribution in [1.29, 1.82) is 0 Å². The second-order valence-corrected chi connectivity index (χ2v) is 4.07. The molecule has 0 aliphatic rings. The fourth-order valence-electron chi connectivity index (χ4n) is 1.60. The Morgan fingerprint density at radius 3 is 2.58 bits per heavy atom. The molecule has 2 aromatic carbocycles. The van der Waals surface area contributed by atoms with Crippen LogP contribution in [0.1, 0.15) is 15.9 Å². The third kappa shape index (κ3) is 2.82. The van der Waals surface area contributed by atoms with Gasteiger partial charge in [0, 0.05) is 0 Å². The van der Waals surface area contributed by atoms with Crippen LogP contribution in [0.3, 0.4) is 0 Å². The Labute approximate surface area is 109 Å².